The summed E-state index contributed by atoms with van der Waals surface area (Å²) in [7, 11) is 0. The number of aromatic nitrogens is 3. The van der Waals surface area contributed by atoms with E-state index in [2.05, 4.69) is 20.5 Å². The monoisotopic (exact) mass is 426 g/mol. The summed E-state index contributed by atoms with van der Waals surface area (Å²) in [6.07, 6.45) is 2.94. The zero-order valence-corrected chi connectivity index (χ0v) is 17.5. The van der Waals surface area contributed by atoms with Crippen LogP contribution in [0.4, 0.5) is 0 Å². The SMILES string of the molecule is CC(C)[C@@H](Sc1nnc([C@H]2COc3ccccc3O2)o1)C(=O)NCc1cccnc1. The number of fused-ring (bicyclic) bond motifs is 1. The first-order chi connectivity index (χ1) is 14.6. The van der Waals surface area contributed by atoms with Gasteiger partial charge in [0.2, 0.25) is 12.0 Å². The molecular formula is C21H22N4O4S. The van der Waals surface area contributed by atoms with E-state index in [4.69, 9.17) is 13.9 Å². The molecule has 156 valence electrons. The highest BCUT2D eigenvalue weighted by molar-refractivity contribution is 8.00. The number of ether oxygens (including phenoxy) is 2. The summed E-state index contributed by atoms with van der Waals surface area (Å²) in [4.78, 5) is 16.8. The largest absolute Gasteiger partial charge is 0.485 e. The van der Waals surface area contributed by atoms with E-state index in [-0.39, 0.29) is 23.7 Å². The third-order valence-corrected chi connectivity index (χ3v) is 5.87. The number of thioether (sulfide) groups is 1. The Hall–Kier alpha value is -3.07. The lowest BCUT2D eigenvalue weighted by Crippen LogP contribution is -2.35. The van der Waals surface area contributed by atoms with Crippen LogP contribution in [-0.2, 0) is 11.3 Å². The molecule has 0 saturated carbocycles. The van der Waals surface area contributed by atoms with E-state index in [1.54, 1.807) is 12.4 Å². The number of para-hydroxylation sites is 2. The highest BCUT2D eigenvalue weighted by Crippen LogP contribution is 2.36. The summed E-state index contributed by atoms with van der Waals surface area (Å²) in [5.74, 6) is 1.62. The Morgan fingerprint density at radius 1 is 1.20 bits per heavy atom. The Balaban J connectivity index is 1.39. The normalized spacial score (nSPS) is 16.3. The minimum atomic E-state index is -0.487. The van der Waals surface area contributed by atoms with E-state index >= 15 is 0 Å². The summed E-state index contributed by atoms with van der Waals surface area (Å²) in [6.45, 7) is 4.65. The molecule has 1 N–H and O–H groups in total. The van der Waals surface area contributed by atoms with Crippen molar-refractivity contribution in [2.75, 3.05) is 6.61 Å². The maximum absolute atomic E-state index is 12.7. The average Bonchev–Trinajstić information content (AvgIpc) is 3.25. The van der Waals surface area contributed by atoms with Gasteiger partial charge in [0.05, 0.1) is 5.25 Å². The molecule has 0 radical (unpaired) electrons. The lowest BCUT2D eigenvalue weighted by atomic mass is 10.1. The molecule has 0 spiro atoms. The number of carbonyl (C=O) groups is 1. The van der Waals surface area contributed by atoms with Gasteiger partial charge in [-0.25, -0.2) is 0 Å². The molecule has 8 nitrogen and oxygen atoms in total. The molecule has 2 atom stereocenters. The Kier molecular flexibility index (Phi) is 6.18. The summed E-state index contributed by atoms with van der Waals surface area (Å²) in [5.41, 5.74) is 0.938. The first kappa shape index (κ1) is 20.2. The van der Waals surface area contributed by atoms with Crippen molar-refractivity contribution < 1.29 is 18.7 Å². The standard InChI is InChI=1S/C21H22N4O4S/c1-13(2)18(19(26)23-11-14-6-5-9-22-10-14)30-21-25-24-20(29-21)17-12-27-15-7-3-4-8-16(15)28-17/h3-10,13,17-18H,11-12H2,1-2H3,(H,23,26)/t17-,18-/m1/s1. The van der Waals surface area contributed by atoms with Crippen molar-refractivity contribution in [2.45, 2.75) is 37.0 Å². The Morgan fingerprint density at radius 2 is 2.03 bits per heavy atom. The number of benzene rings is 1. The molecular weight excluding hydrogens is 404 g/mol. The third-order valence-electron chi connectivity index (χ3n) is 4.49. The molecule has 3 heterocycles. The first-order valence-corrected chi connectivity index (χ1v) is 10.5. The van der Waals surface area contributed by atoms with Crippen LogP contribution in [0.5, 0.6) is 11.5 Å². The molecule has 3 aromatic rings. The molecule has 9 heteroatoms. The Bertz CT molecular complexity index is 995. The number of amides is 1. The zero-order chi connectivity index (χ0) is 20.9. The van der Waals surface area contributed by atoms with Crippen molar-refractivity contribution in [3.63, 3.8) is 0 Å². The molecule has 1 aromatic carbocycles. The molecule has 0 saturated heterocycles. The first-order valence-electron chi connectivity index (χ1n) is 9.65. The van der Waals surface area contributed by atoms with Gasteiger partial charge in [-0.1, -0.05) is 43.8 Å². The molecule has 1 aliphatic heterocycles. The maximum atomic E-state index is 12.7. The highest BCUT2D eigenvalue weighted by atomic mass is 32.2. The van der Waals surface area contributed by atoms with Crippen LogP contribution in [0.25, 0.3) is 0 Å². The molecule has 4 rings (SSSR count). The van der Waals surface area contributed by atoms with Crippen molar-refractivity contribution in [2.24, 2.45) is 5.92 Å². The van der Waals surface area contributed by atoms with Gasteiger partial charge in [0.15, 0.2) is 11.5 Å². The lowest BCUT2D eigenvalue weighted by Gasteiger charge is -2.23. The number of hydrogen-bond acceptors (Lipinski definition) is 8. The minimum Gasteiger partial charge on any atom is -0.485 e. The van der Waals surface area contributed by atoms with Crippen molar-refractivity contribution in [3.05, 3.63) is 60.2 Å². The number of hydrogen-bond donors (Lipinski definition) is 1. The predicted octanol–water partition coefficient (Wildman–Crippen LogP) is 3.41. The van der Waals surface area contributed by atoms with E-state index in [1.165, 1.54) is 11.8 Å². The molecule has 2 aromatic heterocycles. The molecule has 0 bridgehead atoms. The van der Waals surface area contributed by atoms with E-state index < -0.39 is 6.10 Å². The number of pyridine rings is 1. The fourth-order valence-electron chi connectivity index (χ4n) is 2.93. The predicted molar refractivity (Wildman–Crippen MR) is 110 cm³/mol. The van der Waals surface area contributed by atoms with Gasteiger partial charge in [-0.05, 0) is 29.7 Å². The summed E-state index contributed by atoms with van der Waals surface area (Å²) in [6, 6.07) is 11.2. The van der Waals surface area contributed by atoms with Gasteiger partial charge in [-0.3, -0.25) is 9.78 Å². The smallest absolute Gasteiger partial charge is 0.277 e. The third kappa shape index (κ3) is 4.73. The topological polar surface area (TPSA) is 99.4 Å². The molecule has 0 fully saturated rings. The van der Waals surface area contributed by atoms with E-state index in [1.807, 2.05) is 50.2 Å². The minimum absolute atomic E-state index is 0.0698. The number of nitrogens with one attached hydrogen (secondary N) is 1. The second kappa shape index (κ2) is 9.17. The van der Waals surface area contributed by atoms with Crippen LogP contribution < -0.4 is 14.8 Å². The van der Waals surface area contributed by atoms with Crippen LogP contribution in [-0.4, -0.2) is 32.9 Å². The number of carbonyl (C=O) groups excluding carboxylic acids is 1. The fraction of sp³-hybridized carbons (Fsp3) is 0.333. The van der Waals surface area contributed by atoms with Crippen LogP contribution in [0.3, 0.4) is 0 Å². The summed E-state index contributed by atoms with van der Waals surface area (Å²) < 4.78 is 17.4. The second-order valence-corrected chi connectivity index (χ2v) is 8.22. The highest BCUT2D eigenvalue weighted by Gasteiger charge is 2.30. The summed E-state index contributed by atoms with van der Waals surface area (Å²) in [5, 5.41) is 11.1. The quantitative estimate of drug-likeness (QED) is 0.574. The Labute approximate surface area is 178 Å². The van der Waals surface area contributed by atoms with Crippen LogP contribution in [0.1, 0.15) is 31.4 Å². The fourth-order valence-corrected chi connectivity index (χ4v) is 3.83. The number of rotatable bonds is 7. The van der Waals surface area contributed by atoms with Gasteiger partial charge in [0.1, 0.15) is 6.61 Å². The number of nitrogens with zero attached hydrogens (tertiary/aromatic N) is 3. The Morgan fingerprint density at radius 3 is 2.80 bits per heavy atom. The van der Waals surface area contributed by atoms with Crippen LogP contribution >= 0.6 is 11.8 Å². The summed E-state index contributed by atoms with van der Waals surface area (Å²) >= 11 is 1.25. The van der Waals surface area contributed by atoms with Crippen LogP contribution in [0.15, 0.2) is 58.4 Å². The zero-order valence-electron chi connectivity index (χ0n) is 16.6. The van der Waals surface area contributed by atoms with Crippen LogP contribution in [0.2, 0.25) is 0 Å². The van der Waals surface area contributed by atoms with E-state index in [0.717, 1.165) is 5.56 Å². The molecule has 1 amide bonds. The van der Waals surface area contributed by atoms with Gasteiger partial charge < -0.3 is 19.2 Å². The van der Waals surface area contributed by atoms with Crippen molar-refractivity contribution in [1.29, 1.82) is 0 Å². The van der Waals surface area contributed by atoms with Crippen LogP contribution in [0, 0.1) is 5.92 Å². The molecule has 1 aliphatic rings. The van der Waals surface area contributed by atoms with Gasteiger partial charge in [-0.2, -0.15) is 0 Å². The van der Waals surface area contributed by atoms with Gasteiger partial charge >= 0.3 is 0 Å². The molecule has 0 aliphatic carbocycles. The van der Waals surface area contributed by atoms with E-state index in [0.29, 0.717) is 29.2 Å². The maximum Gasteiger partial charge on any atom is 0.277 e. The van der Waals surface area contributed by atoms with Gasteiger partial charge in [0, 0.05) is 18.9 Å². The lowest BCUT2D eigenvalue weighted by molar-refractivity contribution is -0.121. The molecule has 30 heavy (non-hydrogen) atoms. The van der Waals surface area contributed by atoms with Crippen molar-refractivity contribution >= 4 is 17.7 Å². The van der Waals surface area contributed by atoms with Gasteiger partial charge in [-0.15, -0.1) is 10.2 Å². The molecule has 0 unspecified atom stereocenters. The second-order valence-electron chi connectivity index (χ2n) is 7.13. The van der Waals surface area contributed by atoms with Crippen molar-refractivity contribution in [1.82, 2.24) is 20.5 Å². The van der Waals surface area contributed by atoms with Gasteiger partial charge in [0.25, 0.3) is 11.1 Å². The van der Waals surface area contributed by atoms with Crippen molar-refractivity contribution in [3.8, 4) is 11.5 Å². The average molecular weight is 426 g/mol. The van der Waals surface area contributed by atoms with E-state index in [9.17, 15) is 4.79 Å².